The highest BCUT2D eigenvalue weighted by Gasteiger charge is 2.27. The molecule has 1 unspecified atom stereocenters. The predicted octanol–water partition coefficient (Wildman–Crippen LogP) is 2.11. The molecule has 0 heterocycles. The fraction of sp³-hybridized carbons (Fsp3) is 0.429. The van der Waals surface area contributed by atoms with Crippen molar-refractivity contribution in [2.75, 3.05) is 0 Å². The molecule has 98 valence electrons. The maximum atomic E-state index is 12.0. The number of hydrogen-bond acceptors (Lipinski definition) is 2. The van der Waals surface area contributed by atoms with Gasteiger partial charge in [0.1, 0.15) is 0 Å². The highest BCUT2D eigenvalue weighted by atomic mass is 32.1. The smallest absolute Gasteiger partial charge is 0.225 e. The molecule has 3 N–H and O–H groups in total. The number of amides is 1. The number of benzene rings is 1. The van der Waals surface area contributed by atoms with Gasteiger partial charge in [-0.05, 0) is 31.4 Å². The van der Waals surface area contributed by atoms with Gasteiger partial charge in [-0.25, -0.2) is 0 Å². The molecular formula is C14H20N2OS. The largest absolute Gasteiger partial charge is 0.391 e. The summed E-state index contributed by atoms with van der Waals surface area (Å²) < 4.78 is 0. The Hall–Kier alpha value is -1.42. The topological polar surface area (TPSA) is 55.1 Å². The predicted molar refractivity (Wildman–Crippen MR) is 78.5 cm³/mol. The van der Waals surface area contributed by atoms with Crippen molar-refractivity contribution < 1.29 is 4.79 Å². The van der Waals surface area contributed by atoms with Crippen LogP contribution in [-0.4, -0.2) is 16.4 Å². The van der Waals surface area contributed by atoms with Crippen LogP contribution >= 0.6 is 12.2 Å². The molecule has 0 fully saturated rings. The monoisotopic (exact) mass is 264 g/mol. The van der Waals surface area contributed by atoms with Crippen LogP contribution in [0.1, 0.15) is 31.4 Å². The van der Waals surface area contributed by atoms with Crippen molar-refractivity contribution in [2.45, 2.75) is 39.2 Å². The van der Waals surface area contributed by atoms with E-state index in [1.165, 1.54) is 0 Å². The van der Waals surface area contributed by atoms with Crippen LogP contribution in [0.4, 0.5) is 0 Å². The van der Waals surface area contributed by atoms with E-state index >= 15 is 0 Å². The van der Waals surface area contributed by atoms with Crippen molar-refractivity contribution in [3.05, 3.63) is 35.4 Å². The minimum absolute atomic E-state index is 0.0542. The molecule has 1 atom stereocenters. The van der Waals surface area contributed by atoms with Crippen LogP contribution in [0.2, 0.25) is 0 Å². The van der Waals surface area contributed by atoms with Gasteiger partial charge in [0.25, 0.3) is 0 Å². The van der Waals surface area contributed by atoms with Crippen molar-refractivity contribution in [1.29, 1.82) is 0 Å². The summed E-state index contributed by atoms with van der Waals surface area (Å²) in [6, 6.07) is 7.85. The lowest BCUT2D eigenvalue weighted by molar-refractivity contribution is -0.121. The van der Waals surface area contributed by atoms with E-state index in [0.717, 1.165) is 11.1 Å². The summed E-state index contributed by atoms with van der Waals surface area (Å²) in [5.41, 5.74) is 7.20. The number of nitrogens with one attached hydrogen (secondary N) is 1. The van der Waals surface area contributed by atoms with E-state index in [2.05, 4.69) is 5.32 Å². The molecule has 3 nitrogen and oxygen atoms in total. The van der Waals surface area contributed by atoms with Crippen molar-refractivity contribution in [3.8, 4) is 0 Å². The first-order chi connectivity index (χ1) is 8.39. The van der Waals surface area contributed by atoms with Crippen LogP contribution in [0.5, 0.6) is 0 Å². The van der Waals surface area contributed by atoms with Gasteiger partial charge in [-0.3, -0.25) is 4.79 Å². The van der Waals surface area contributed by atoms with E-state index in [-0.39, 0.29) is 5.91 Å². The highest BCUT2D eigenvalue weighted by molar-refractivity contribution is 7.80. The molecule has 1 aromatic carbocycles. The standard InChI is InChI=1S/C14H20N2OS/c1-4-14(3,13(15)18)16-12(17)9-11-8-6-5-7-10(11)2/h5-8H,4,9H2,1-3H3,(H2,15,18)(H,16,17). The van der Waals surface area contributed by atoms with Gasteiger partial charge < -0.3 is 11.1 Å². The number of aryl methyl sites for hydroxylation is 1. The average Bonchev–Trinajstić information content (AvgIpc) is 2.31. The summed E-state index contributed by atoms with van der Waals surface area (Å²) in [6.45, 7) is 5.80. The van der Waals surface area contributed by atoms with Crippen molar-refractivity contribution in [1.82, 2.24) is 5.32 Å². The molecule has 0 bridgehead atoms. The molecule has 0 aliphatic heterocycles. The van der Waals surface area contributed by atoms with Crippen LogP contribution in [0.15, 0.2) is 24.3 Å². The first-order valence-corrected chi connectivity index (χ1v) is 6.45. The average molecular weight is 264 g/mol. The maximum absolute atomic E-state index is 12.0. The zero-order valence-electron chi connectivity index (χ0n) is 11.1. The number of nitrogens with two attached hydrogens (primary N) is 1. The number of carbonyl (C=O) groups is 1. The van der Waals surface area contributed by atoms with Crippen LogP contribution in [0.25, 0.3) is 0 Å². The zero-order valence-corrected chi connectivity index (χ0v) is 11.9. The summed E-state index contributed by atoms with van der Waals surface area (Å²) in [4.78, 5) is 12.3. The molecule has 0 aliphatic carbocycles. The van der Waals surface area contributed by atoms with E-state index in [0.29, 0.717) is 17.8 Å². The molecule has 0 aromatic heterocycles. The first-order valence-electron chi connectivity index (χ1n) is 6.04. The quantitative estimate of drug-likeness (QED) is 0.801. The Bertz CT molecular complexity index is 459. The zero-order chi connectivity index (χ0) is 13.8. The minimum atomic E-state index is -0.602. The van der Waals surface area contributed by atoms with Gasteiger partial charge in [0.2, 0.25) is 5.91 Å². The number of thiocarbonyl (C=S) groups is 1. The Kier molecular flexibility index (Phi) is 4.84. The fourth-order valence-corrected chi connectivity index (χ4v) is 1.85. The van der Waals surface area contributed by atoms with E-state index in [1.807, 2.05) is 45.0 Å². The summed E-state index contributed by atoms with van der Waals surface area (Å²) in [6.07, 6.45) is 1.03. The van der Waals surface area contributed by atoms with Gasteiger partial charge in [-0.2, -0.15) is 0 Å². The summed E-state index contributed by atoms with van der Waals surface area (Å²) in [7, 11) is 0. The molecule has 0 saturated heterocycles. The molecule has 1 amide bonds. The summed E-state index contributed by atoms with van der Waals surface area (Å²) >= 11 is 5.00. The van der Waals surface area contributed by atoms with Gasteiger partial charge in [-0.1, -0.05) is 43.4 Å². The van der Waals surface area contributed by atoms with Gasteiger partial charge in [0.15, 0.2) is 0 Å². The van der Waals surface area contributed by atoms with Crippen LogP contribution in [0.3, 0.4) is 0 Å². The molecule has 4 heteroatoms. The van der Waals surface area contributed by atoms with Crippen LogP contribution in [-0.2, 0) is 11.2 Å². The molecular weight excluding hydrogens is 244 g/mol. The second kappa shape index (κ2) is 5.96. The molecule has 1 aromatic rings. The van der Waals surface area contributed by atoms with Crippen LogP contribution < -0.4 is 11.1 Å². The number of carbonyl (C=O) groups excluding carboxylic acids is 1. The number of hydrogen-bond donors (Lipinski definition) is 2. The van der Waals surface area contributed by atoms with Crippen molar-refractivity contribution >= 4 is 23.1 Å². The number of rotatable bonds is 5. The minimum Gasteiger partial charge on any atom is -0.391 e. The lowest BCUT2D eigenvalue weighted by atomic mass is 9.98. The van der Waals surface area contributed by atoms with E-state index in [4.69, 9.17) is 18.0 Å². The molecule has 0 radical (unpaired) electrons. The Morgan fingerprint density at radius 3 is 2.56 bits per heavy atom. The summed E-state index contributed by atoms with van der Waals surface area (Å²) in [5.74, 6) is -0.0542. The Balaban J connectivity index is 2.73. The lowest BCUT2D eigenvalue weighted by Crippen LogP contribution is -2.54. The SMILES string of the molecule is CCC(C)(NC(=O)Cc1ccccc1C)C(N)=S. The van der Waals surface area contributed by atoms with Gasteiger partial charge in [0, 0.05) is 0 Å². The Morgan fingerprint density at radius 2 is 2.06 bits per heavy atom. The third kappa shape index (κ3) is 3.53. The first kappa shape index (κ1) is 14.6. The van der Waals surface area contributed by atoms with E-state index < -0.39 is 5.54 Å². The Labute approximate surface area is 114 Å². The van der Waals surface area contributed by atoms with Crippen molar-refractivity contribution in [2.24, 2.45) is 5.73 Å². The Morgan fingerprint density at radius 1 is 1.44 bits per heavy atom. The molecule has 0 aliphatic rings. The fourth-order valence-electron chi connectivity index (χ4n) is 1.66. The van der Waals surface area contributed by atoms with Gasteiger partial charge >= 0.3 is 0 Å². The highest BCUT2D eigenvalue weighted by Crippen LogP contribution is 2.12. The van der Waals surface area contributed by atoms with Gasteiger partial charge in [0.05, 0.1) is 16.9 Å². The summed E-state index contributed by atoms with van der Waals surface area (Å²) in [5, 5.41) is 2.91. The lowest BCUT2D eigenvalue weighted by Gasteiger charge is -2.28. The second-order valence-corrected chi connectivity index (χ2v) is 5.14. The van der Waals surface area contributed by atoms with E-state index in [1.54, 1.807) is 0 Å². The van der Waals surface area contributed by atoms with E-state index in [9.17, 15) is 4.79 Å². The normalized spacial score (nSPS) is 13.7. The van der Waals surface area contributed by atoms with Gasteiger partial charge in [-0.15, -0.1) is 0 Å². The third-order valence-corrected chi connectivity index (χ3v) is 3.73. The van der Waals surface area contributed by atoms with Crippen LogP contribution in [0, 0.1) is 6.92 Å². The maximum Gasteiger partial charge on any atom is 0.225 e. The molecule has 18 heavy (non-hydrogen) atoms. The molecule has 0 spiro atoms. The second-order valence-electron chi connectivity index (χ2n) is 4.70. The molecule has 0 saturated carbocycles. The third-order valence-electron chi connectivity index (χ3n) is 3.28. The van der Waals surface area contributed by atoms with Crippen molar-refractivity contribution in [3.63, 3.8) is 0 Å². The molecule has 1 rings (SSSR count).